The van der Waals surface area contributed by atoms with Crippen molar-refractivity contribution in [1.29, 1.82) is 0 Å². The predicted octanol–water partition coefficient (Wildman–Crippen LogP) is 4.48. The minimum absolute atomic E-state index is 0.0379. The summed E-state index contributed by atoms with van der Waals surface area (Å²) >= 11 is 0. The van der Waals surface area contributed by atoms with Crippen molar-refractivity contribution in [3.8, 4) is 0 Å². The monoisotopic (exact) mass is 375 g/mol. The third kappa shape index (κ3) is 3.35. The molecule has 0 radical (unpaired) electrons. The van der Waals surface area contributed by atoms with Gasteiger partial charge in [0.1, 0.15) is 0 Å². The quantitative estimate of drug-likeness (QED) is 0.619. The molecule has 0 aromatic heterocycles. The van der Waals surface area contributed by atoms with Crippen LogP contribution in [0.3, 0.4) is 0 Å². The van der Waals surface area contributed by atoms with Gasteiger partial charge in [-0.3, -0.25) is 9.59 Å². The molecule has 1 saturated heterocycles. The molecule has 1 saturated carbocycles. The zero-order chi connectivity index (χ0) is 19.7. The van der Waals surface area contributed by atoms with Crippen molar-refractivity contribution >= 4 is 17.6 Å². The number of ether oxygens (including phenoxy) is 1. The van der Waals surface area contributed by atoms with Gasteiger partial charge in [-0.2, -0.15) is 0 Å². The van der Waals surface area contributed by atoms with Crippen LogP contribution in [0.15, 0.2) is 66.7 Å². The first-order valence-corrected chi connectivity index (χ1v) is 9.76. The van der Waals surface area contributed by atoms with E-state index in [1.807, 2.05) is 61.5 Å². The number of nitrogens with one attached hydrogen (secondary N) is 1. The molecule has 144 valence electrons. The summed E-state index contributed by atoms with van der Waals surface area (Å²) in [6.45, 7) is 6.49. The Labute approximate surface area is 165 Å². The molecule has 1 aliphatic carbocycles. The Morgan fingerprint density at radius 3 is 2.64 bits per heavy atom. The summed E-state index contributed by atoms with van der Waals surface area (Å²) in [7, 11) is 0. The molecule has 0 bridgehead atoms. The molecule has 2 aliphatic rings. The Bertz CT molecular complexity index is 903. The average molecular weight is 375 g/mol. The zero-order valence-electron chi connectivity index (χ0n) is 16.1. The van der Waals surface area contributed by atoms with Crippen LogP contribution in [0.25, 0.3) is 0 Å². The maximum atomic E-state index is 12.5. The van der Waals surface area contributed by atoms with Crippen molar-refractivity contribution in [3.63, 3.8) is 0 Å². The Kier molecular flexibility index (Phi) is 4.80. The number of carbonyl (C=O) groups is 2. The number of esters is 1. The molecule has 3 atom stereocenters. The molecule has 4 heteroatoms. The summed E-state index contributed by atoms with van der Waals surface area (Å²) in [5.41, 5.74) is 3.51. The second-order valence-corrected chi connectivity index (χ2v) is 8.08. The smallest absolute Gasteiger partial charge is 0.313 e. The Morgan fingerprint density at radius 2 is 1.93 bits per heavy atom. The average Bonchev–Trinajstić information content (AvgIpc) is 3.17. The Morgan fingerprint density at radius 1 is 1.21 bits per heavy atom. The van der Waals surface area contributed by atoms with E-state index in [1.54, 1.807) is 0 Å². The number of rotatable bonds is 5. The second-order valence-electron chi connectivity index (χ2n) is 8.08. The summed E-state index contributed by atoms with van der Waals surface area (Å²) in [6, 6.07) is 17.5. The van der Waals surface area contributed by atoms with Gasteiger partial charge >= 0.3 is 5.97 Å². The van der Waals surface area contributed by atoms with E-state index in [1.165, 1.54) is 0 Å². The van der Waals surface area contributed by atoms with Gasteiger partial charge < -0.3 is 10.1 Å². The van der Waals surface area contributed by atoms with E-state index in [-0.39, 0.29) is 23.7 Å². The lowest BCUT2D eigenvalue weighted by Gasteiger charge is -2.24. The van der Waals surface area contributed by atoms with Gasteiger partial charge in [0.2, 0.25) is 5.91 Å². The maximum Gasteiger partial charge on any atom is 0.313 e. The van der Waals surface area contributed by atoms with Crippen LogP contribution in [0, 0.1) is 11.3 Å². The predicted molar refractivity (Wildman–Crippen MR) is 109 cm³/mol. The highest BCUT2D eigenvalue weighted by Gasteiger charge is 2.55. The van der Waals surface area contributed by atoms with Crippen LogP contribution in [0.1, 0.15) is 36.8 Å². The Balaban J connectivity index is 1.44. The minimum atomic E-state index is -0.455. The van der Waals surface area contributed by atoms with E-state index in [2.05, 4.69) is 11.9 Å². The number of fused-ring (bicyclic) bond motifs is 1. The highest BCUT2D eigenvalue weighted by molar-refractivity contribution is 5.95. The molecular formula is C24H25NO3. The fraction of sp³-hybridized carbons (Fsp3) is 0.333. The molecule has 1 N–H and O–H groups in total. The van der Waals surface area contributed by atoms with E-state index in [4.69, 9.17) is 4.74 Å². The maximum absolute atomic E-state index is 12.5. The lowest BCUT2D eigenvalue weighted by atomic mass is 9.75. The van der Waals surface area contributed by atoms with E-state index >= 15 is 0 Å². The van der Waals surface area contributed by atoms with Gasteiger partial charge in [0.15, 0.2) is 0 Å². The number of hydrogen-bond acceptors (Lipinski definition) is 3. The van der Waals surface area contributed by atoms with E-state index in [0.29, 0.717) is 19.4 Å². The first-order valence-electron chi connectivity index (χ1n) is 9.76. The van der Waals surface area contributed by atoms with Crippen LogP contribution in [-0.4, -0.2) is 18.5 Å². The van der Waals surface area contributed by atoms with Crippen LogP contribution in [0.4, 0.5) is 5.69 Å². The van der Waals surface area contributed by atoms with Gasteiger partial charge in [-0.05, 0) is 49.4 Å². The van der Waals surface area contributed by atoms with Gasteiger partial charge in [0, 0.05) is 11.6 Å². The molecule has 1 aliphatic heterocycles. The van der Waals surface area contributed by atoms with Crippen molar-refractivity contribution < 1.29 is 14.3 Å². The number of amides is 1. The van der Waals surface area contributed by atoms with Crippen molar-refractivity contribution in [3.05, 3.63) is 77.9 Å². The number of benzene rings is 2. The molecule has 2 fully saturated rings. The number of anilines is 1. The summed E-state index contributed by atoms with van der Waals surface area (Å²) in [4.78, 5) is 25.0. The van der Waals surface area contributed by atoms with Crippen molar-refractivity contribution in [2.24, 2.45) is 11.3 Å². The van der Waals surface area contributed by atoms with Gasteiger partial charge in [0.25, 0.3) is 0 Å². The first-order chi connectivity index (χ1) is 13.5. The molecular weight excluding hydrogens is 350 g/mol. The number of hydrogen-bond donors (Lipinski definition) is 1. The number of allylic oxidation sites excluding steroid dienone is 1. The van der Waals surface area contributed by atoms with Gasteiger partial charge in [0.05, 0.1) is 17.9 Å². The van der Waals surface area contributed by atoms with Crippen molar-refractivity contribution in [2.75, 3.05) is 11.9 Å². The van der Waals surface area contributed by atoms with Crippen molar-refractivity contribution in [2.45, 2.75) is 32.1 Å². The lowest BCUT2D eigenvalue weighted by Crippen LogP contribution is -2.31. The third-order valence-electron chi connectivity index (χ3n) is 6.14. The van der Waals surface area contributed by atoms with Gasteiger partial charge in [-0.25, -0.2) is 0 Å². The fourth-order valence-corrected chi connectivity index (χ4v) is 4.48. The molecule has 0 spiro atoms. The van der Waals surface area contributed by atoms with Crippen LogP contribution < -0.4 is 5.32 Å². The highest BCUT2D eigenvalue weighted by atomic mass is 16.5. The molecule has 4 nitrogen and oxygen atoms in total. The zero-order valence-corrected chi connectivity index (χ0v) is 16.1. The molecule has 2 aromatic carbocycles. The summed E-state index contributed by atoms with van der Waals surface area (Å²) in [6.07, 6.45) is 2.24. The normalized spacial score (nSPS) is 24.5. The largest absolute Gasteiger partial charge is 0.465 e. The minimum Gasteiger partial charge on any atom is -0.465 e. The number of cyclic esters (lactones) is 1. The summed E-state index contributed by atoms with van der Waals surface area (Å²) < 4.78 is 5.35. The molecule has 1 heterocycles. The van der Waals surface area contributed by atoms with Crippen LogP contribution >= 0.6 is 0 Å². The first kappa shape index (κ1) is 18.5. The summed E-state index contributed by atoms with van der Waals surface area (Å²) in [5, 5.41) is 2.98. The van der Waals surface area contributed by atoms with E-state index in [0.717, 1.165) is 28.8 Å². The van der Waals surface area contributed by atoms with Crippen LogP contribution in [0.2, 0.25) is 0 Å². The van der Waals surface area contributed by atoms with Crippen molar-refractivity contribution in [1.82, 2.24) is 0 Å². The Hall–Kier alpha value is -2.88. The lowest BCUT2D eigenvalue weighted by molar-refractivity contribution is -0.146. The molecule has 28 heavy (non-hydrogen) atoms. The topological polar surface area (TPSA) is 55.4 Å². The van der Waals surface area contributed by atoms with Gasteiger partial charge in [-0.15, -0.1) is 0 Å². The van der Waals surface area contributed by atoms with E-state index < -0.39 is 5.41 Å². The second kappa shape index (κ2) is 7.27. The van der Waals surface area contributed by atoms with E-state index in [9.17, 15) is 9.59 Å². The fourth-order valence-electron chi connectivity index (χ4n) is 4.48. The van der Waals surface area contributed by atoms with Crippen LogP contribution in [0.5, 0.6) is 0 Å². The molecule has 1 amide bonds. The summed E-state index contributed by atoms with van der Waals surface area (Å²) in [5.74, 6) is -0.119. The standard InChI is InChI=1S/C24H25NO3/c1-16-12-20-15-28-23(27)24(20,13-16)14-18-8-10-21(11-9-18)25-22(26)17(2)19-6-4-3-5-7-19/h3-11,17,20H,1,12-15H2,2H3,(H,25,26). The third-order valence-corrected chi connectivity index (χ3v) is 6.14. The molecule has 2 aromatic rings. The SMILES string of the molecule is C=C1CC2COC(=O)C2(Cc2ccc(NC(=O)C(C)c3ccccc3)cc2)C1. The molecule has 3 unspecified atom stereocenters. The number of carbonyl (C=O) groups excluding carboxylic acids is 2. The van der Waals surface area contributed by atoms with Crippen LogP contribution in [-0.2, 0) is 20.7 Å². The molecule has 4 rings (SSSR count). The highest BCUT2D eigenvalue weighted by Crippen LogP contribution is 2.52. The van der Waals surface area contributed by atoms with Gasteiger partial charge in [-0.1, -0.05) is 54.6 Å².